The van der Waals surface area contributed by atoms with E-state index in [0.29, 0.717) is 12.2 Å². The van der Waals surface area contributed by atoms with Crippen LogP contribution in [0.4, 0.5) is 13.2 Å². The Labute approximate surface area is 114 Å². The van der Waals surface area contributed by atoms with Gasteiger partial charge in [-0.05, 0) is 12.1 Å². The molecule has 0 spiro atoms. The maximum Gasteiger partial charge on any atom is 0.435 e. The van der Waals surface area contributed by atoms with Crippen LogP contribution >= 0.6 is 0 Å². The van der Waals surface area contributed by atoms with Crippen molar-refractivity contribution in [1.29, 1.82) is 0 Å². The lowest BCUT2D eigenvalue weighted by Crippen LogP contribution is -2.23. The fourth-order valence-corrected chi connectivity index (χ4v) is 1.70. The summed E-state index contributed by atoms with van der Waals surface area (Å²) in [7, 11) is 0. The number of rotatable bonds is 4. The lowest BCUT2D eigenvalue weighted by molar-refractivity contribution is -0.141. The van der Waals surface area contributed by atoms with Gasteiger partial charge in [0.05, 0.1) is 5.69 Å². The second-order valence-electron chi connectivity index (χ2n) is 4.68. The van der Waals surface area contributed by atoms with E-state index in [1.165, 1.54) is 17.1 Å². The predicted molar refractivity (Wildman–Crippen MR) is 68.3 cm³/mol. The van der Waals surface area contributed by atoms with Crippen LogP contribution < -0.4 is 5.32 Å². The smallest absolute Gasteiger partial charge is 0.310 e. The third-order valence-corrected chi connectivity index (χ3v) is 2.70. The molecule has 0 fully saturated rings. The first-order chi connectivity index (χ1) is 9.38. The Morgan fingerprint density at radius 2 is 2.05 bits per heavy atom. The Balaban J connectivity index is 2.30. The molecule has 0 aromatic carbocycles. The fourth-order valence-electron chi connectivity index (χ4n) is 1.70. The summed E-state index contributed by atoms with van der Waals surface area (Å²) in [6, 6.07) is 2.87. The van der Waals surface area contributed by atoms with Crippen LogP contribution in [0.15, 0.2) is 30.7 Å². The zero-order chi connectivity index (χ0) is 14.8. The van der Waals surface area contributed by atoms with Crippen molar-refractivity contribution in [2.75, 3.05) is 0 Å². The summed E-state index contributed by atoms with van der Waals surface area (Å²) in [5, 5.41) is 6.78. The van der Waals surface area contributed by atoms with Gasteiger partial charge in [0, 0.05) is 36.7 Å². The maximum absolute atomic E-state index is 12.6. The summed E-state index contributed by atoms with van der Waals surface area (Å²) in [5.74, 6) is 0. The number of pyridine rings is 1. The number of aromatic nitrogens is 3. The van der Waals surface area contributed by atoms with E-state index in [9.17, 15) is 13.2 Å². The largest absolute Gasteiger partial charge is 0.435 e. The monoisotopic (exact) mass is 284 g/mol. The van der Waals surface area contributed by atoms with E-state index in [0.717, 1.165) is 11.6 Å². The first kappa shape index (κ1) is 14.5. The normalized spacial score (nSPS) is 12.1. The van der Waals surface area contributed by atoms with E-state index in [2.05, 4.69) is 15.4 Å². The molecule has 0 aliphatic carbocycles. The lowest BCUT2D eigenvalue weighted by atomic mass is 10.2. The van der Waals surface area contributed by atoms with Crippen LogP contribution in [0.2, 0.25) is 0 Å². The third kappa shape index (κ3) is 3.36. The molecule has 2 aromatic rings. The molecule has 0 atom stereocenters. The molecule has 1 N–H and O–H groups in total. The lowest BCUT2D eigenvalue weighted by Gasteiger charge is -2.12. The molecule has 0 aliphatic rings. The molecular weight excluding hydrogens is 269 g/mol. The van der Waals surface area contributed by atoms with Gasteiger partial charge in [0.1, 0.15) is 0 Å². The second kappa shape index (κ2) is 5.62. The SMILES string of the molecule is CC(C)NCc1cnccc1-n1ccc(C(F)(F)F)n1. The van der Waals surface area contributed by atoms with Gasteiger partial charge in [0.25, 0.3) is 0 Å². The predicted octanol–water partition coefficient (Wildman–Crippen LogP) is 2.78. The zero-order valence-electron chi connectivity index (χ0n) is 11.1. The van der Waals surface area contributed by atoms with Gasteiger partial charge in [-0.15, -0.1) is 0 Å². The standard InChI is InChI=1S/C13H15F3N4/c1-9(2)18-8-10-7-17-5-3-11(10)20-6-4-12(19-20)13(14,15)16/h3-7,9,18H,8H2,1-2H3. The molecule has 4 nitrogen and oxygen atoms in total. The third-order valence-electron chi connectivity index (χ3n) is 2.70. The topological polar surface area (TPSA) is 42.7 Å². The van der Waals surface area contributed by atoms with Crippen molar-refractivity contribution in [1.82, 2.24) is 20.1 Å². The molecule has 0 amide bonds. The average Bonchev–Trinajstić information content (AvgIpc) is 2.86. The van der Waals surface area contributed by atoms with Crippen LogP contribution in [0, 0.1) is 0 Å². The zero-order valence-corrected chi connectivity index (χ0v) is 11.1. The van der Waals surface area contributed by atoms with E-state index >= 15 is 0 Å². The highest BCUT2D eigenvalue weighted by Crippen LogP contribution is 2.28. The molecule has 0 aliphatic heterocycles. The molecule has 2 rings (SSSR count). The van der Waals surface area contributed by atoms with Gasteiger partial charge < -0.3 is 5.32 Å². The second-order valence-corrected chi connectivity index (χ2v) is 4.68. The van der Waals surface area contributed by atoms with Gasteiger partial charge in [0.15, 0.2) is 5.69 Å². The quantitative estimate of drug-likeness (QED) is 0.938. The van der Waals surface area contributed by atoms with Crippen molar-refractivity contribution in [3.63, 3.8) is 0 Å². The summed E-state index contributed by atoms with van der Waals surface area (Å²) in [4.78, 5) is 4.00. The molecule has 0 bridgehead atoms. The minimum atomic E-state index is -4.44. The van der Waals surface area contributed by atoms with Gasteiger partial charge >= 0.3 is 6.18 Å². The molecule has 2 heterocycles. The Hall–Kier alpha value is -1.89. The highest BCUT2D eigenvalue weighted by atomic mass is 19.4. The van der Waals surface area contributed by atoms with Gasteiger partial charge in [0.2, 0.25) is 0 Å². The van der Waals surface area contributed by atoms with Gasteiger partial charge in [-0.25, -0.2) is 4.68 Å². The highest BCUT2D eigenvalue weighted by Gasteiger charge is 2.33. The van der Waals surface area contributed by atoms with E-state index in [1.807, 2.05) is 13.8 Å². The Bertz CT molecular complexity index is 575. The van der Waals surface area contributed by atoms with Gasteiger partial charge in [-0.3, -0.25) is 4.98 Å². The molecule has 0 radical (unpaired) electrons. The van der Waals surface area contributed by atoms with Crippen LogP contribution in [0.5, 0.6) is 0 Å². The molecule has 0 saturated carbocycles. The maximum atomic E-state index is 12.6. The van der Waals surface area contributed by atoms with Crippen LogP contribution in [0.3, 0.4) is 0 Å². The number of nitrogens with zero attached hydrogens (tertiary/aromatic N) is 3. The number of nitrogens with one attached hydrogen (secondary N) is 1. The molecule has 0 saturated heterocycles. The van der Waals surface area contributed by atoms with Gasteiger partial charge in [-0.2, -0.15) is 18.3 Å². The van der Waals surface area contributed by atoms with E-state index in [4.69, 9.17) is 0 Å². The minimum absolute atomic E-state index is 0.270. The fraction of sp³-hybridized carbons (Fsp3) is 0.385. The summed E-state index contributed by atoms with van der Waals surface area (Å²) in [5.41, 5.74) is 0.471. The van der Waals surface area contributed by atoms with Crippen molar-refractivity contribution < 1.29 is 13.2 Å². The van der Waals surface area contributed by atoms with Crippen molar-refractivity contribution in [2.24, 2.45) is 0 Å². The van der Waals surface area contributed by atoms with E-state index in [-0.39, 0.29) is 6.04 Å². The number of hydrogen-bond acceptors (Lipinski definition) is 3. The molecule has 7 heteroatoms. The van der Waals surface area contributed by atoms with E-state index < -0.39 is 11.9 Å². The summed E-state index contributed by atoms with van der Waals surface area (Å²) >= 11 is 0. The van der Waals surface area contributed by atoms with Crippen LogP contribution in [-0.2, 0) is 12.7 Å². The van der Waals surface area contributed by atoms with Crippen molar-refractivity contribution in [3.8, 4) is 5.69 Å². The van der Waals surface area contributed by atoms with Crippen molar-refractivity contribution in [2.45, 2.75) is 32.6 Å². The van der Waals surface area contributed by atoms with Crippen molar-refractivity contribution >= 4 is 0 Å². The summed E-state index contributed by atoms with van der Waals surface area (Å²) < 4.78 is 38.9. The highest BCUT2D eigenvalue weighted by molar-refractivity contribution is 5.38. The first-order valence-electron chi connectivity index (χ1n) is 6.17. The van der Waals surface area contributed by atoms with Crippen LogP contribution in [0.25, 0.3) is 5.69 Å². The summed E-state index contributed by atoms with van der Waals surface area (Å²) in [6.07, 6.45) is 0.0223. The van der Waals surface area contributed by atoms with Crippen LogP contribution in [-0.4, -0.2) is 20.8 Å². The summed E-state index contributed by atoms with van der Waals surface area (Å²) in [6.45, 7) is 4.50. The number of alkyl halides is 3. The Morgan fingerprint density at radius 3 is 2.65 bits per heavy atom. The molecule has 2 aromatic heterocycles. The van der Waals surface area contributed by atoms with Crippen LogP contribution in [0.1, 0.15) is 25.1 Å². The Kier molecular flexibility index (Phi) is 4.08. The van der Waals surface area contributed by atoms with Gasteiger partial charge in [-0.1, -0.05) is 13.8 Å². The number of hydrogen-bond donors (Lipinski definition) is 1. The van der Waals surface area contributed by atoms with E-state index in [1.54, 1.807) is 12.3 Å². The average molecular weight is 284 g/mol. The van der Waals surface area contributed by atoms with Crippen molar-refractivity contribution in [3.05, 3.63) is 42.0 Å². The molecular formula is C13H15F3N4. The first-order valence-corrected chi connectivity index (χ1v) is 6.17. The molecule has 0 unspecified atom stereocenters. The number of halogens is 3. The molecule has 108 valence electrons. The minimum Gasteiger partial charge on any atom is -0.310 e. The Morgan fingerprint density at radius 1 is 1.30 bits per heavy atom. The molecule has 20 heavy (non-hydrogen) atoms.